The monoisotopic (exact) mass is 321 g/mol. The zero-order valence-corrected chi connectivity index (χ0v) is 12.5. The van der Waals surface area contributed by atoms with Crippen LogP contribution in [0.15, 0.2) is 40.9 Å². The van der Waals surface area contributed by atoms with E-state index in [1.807, 2.05) is 30.3 Å². The third-order valence-corrected chi connectivity index (χ3v) is 3.24. The van der Waals surface area contributed by atoms with Gasteiger partial charge in [-0.2, -0.15) is 0 Å². The van der Waals surface area contributed by atoms with E-state index in [1.54, 1.807) is 19.9 Å². The lowest BCUT2D eigenvalue weighted by Gasteiger charge is -2.17. The Balaban J connectivity index is 2.21. The summed E-state index contributed by atoms with van der Waals surface area (Å²) in [6.07, 6.45) is 0. The number of hydrogen-bond donors (Lipinski definition) is 2. The molecular weight excluding hydrogens is 306 g/mol. The number of carbonyl (C=O) groups excluding carboxylic acids is 1. The zero-order valence-electron chi connectivity index (χ0n) is 10.9. The second-order valence-corrected chi connectivity index (χ2v) is 6.12. The minimum atomic E-state index is -0.905. The Bertz CT molecular complexity index is 617. The molecule has 0 aliphatic rings. The molecule has 2 N–H and O–H groups in total. The molecule has 0 fully saturated rings. The van der Waals surface area contributed by atoms with E-state index in [-0.39, 0.29) is 12.5 Å². The Morgan fingerprint density at radius 1 is 1.21 bits per heavy atom. The van der Waals surface area contributed by atoms with Crippen LogP contribution in [-0.4, -0.2) is 23.2 Å². The lowest BCUT2D eigenvalue weighted by Crippen LogP contribution is -2.38. The van der Waals surface area contributed by atoms with Crippen LogP contribution in [0.4, 0.5) is 0 Å². The molecule has 1 amide bonds. The Morgan fingerprint density at radius 2 is 1.84 bits per heavy atom. The summed E-state index contributed by atoms with van der Waals surface area (Å²) in [4.78, 5) is 12.0. The third-order valence-electron chi connectivity index (χ3n) is 2.75. The summed E-state index contributed by atoms with van der Waals surface area (Å²) in [5.74, 6) is -0.174. The Kier molecular flexibility index (Phi) is 3.92. The molecule has 2 aromatic carbocycles. The molecule has 0 saturated carbocycles. The van der Waals surface area contributed by atoms with E-state index in [4.69, 9.17) is 0 Å². The first kappa shape index (κ1) is 14.0. The third kappa shape index (κ3) is 3.78. The summed E-state index contributed by atoms with van der Waals surface area (Å²) >= 11 is 3.42. The zero-order chi connectivity index (χ0) is 14.0. The molecule has 100 valence electrons. The predicted octanol–water partition coefficient (Wildman–Crippen LogP) is 3.10. The van der Waals surface area contributed by atoms with Crippen molar-refractivity contribution in [3.63, 3.8) is 0 Å². The van der Waals surface area contributed by atoms with Crippen molar-refractivity contribution >= 4 is 32.6 Å². The van der Waals surface area contributed by atoms with Crippen LogP contribution in [-0.2, 0) is 0 Å². The van der Waals surface area contributed by atoms with Crippen LogP contribution < -0.4 is 5.32 Å². The maximum atomic E-state index is 12.0. The van der Waals surface area contributed by atoms with Crippen LogP contribution in [0.2, 0.25) is 0 Å². The van der Waals surface area contributed by atoms with Gasteiger partial charge in [-0.1, -0.05) is 28.1 Å². The average Bonchev–Trinajstić information content (AvgIpc) is 2.34. The number of benzene rings is 2. The van der Waals surface area contributed by atoms with E-state index in [9.17, 15) is 9.90 Å². The lowest BCUT2D eigenvalue weighted by atomic mass is 10.1. The van der Waals surface area contributed by atoms with Crippen molar-refractivity contribution in [3.05, 3.63) is 46.4 Å². The average molecular weight is 322 g/mol. The first-order chi connectivity index (χ1) is 8.85. The fourth-order valence-electron chi connectivity index (χ4n) is 1.76. The van der Waals surface area contributed by atoms with Gasteiger partial charge in [0.15, 0.2) is 0 Å². The Labute approximate surface area is 120 Å². The first-order valence-corrected chi connectivity index (χ1v) is 6.84. The number of aliphatic hydroxyl groups is 1. The molecule has 0 atom stereocenters. The standard InChI is InChI=1S/C15H16BrNO2/c1-15(2,19)9-17-14(18)12-4-3-11-8-13(16)6-5-10(11)7-12/h3-8,19H,9H2,1-2H3,(H,17,18). The highest BCUT2D eigenvalue weighted by Gasteiger charge is 2.14. The number of carbonyl (C=O) groups is 1. The van der Waals surface area contributed by atoms with E-state index in [0.717, 1.165) is 15.2 Å². The maximum Gasteiger partial charge on any atom is 0.251 e. The second kappa shape index (κ2) is 5.31. The van der Waals surface area contributed by atoms with E-state index < -0.39 is 5.60 Å². The quantitative estimate of drug-likeness (QED) is 0.912. The summed E-state index contributed by atoms with van der Waals surface area (Å²) in [6, 6.07) is 11.5. The molecule has 0 spiro atoms. The van der Waals surface area contributed by atoms with Crippen LogP contribution in [0.5, 0.6) is 0 Å². The summed E-state index contributed by atoms with van der Waals surface area (Å²) in [5.41, 5.74) is -0.309. The fourth-order valence-corrected chi connectivity index (χ4v) is 2.14. The smallest absolute Gasteiger partial charge is 0.251 e. The molecule has 0 heterocycles. The van der Waals surface area contributed by atoms with Crippen LogP contribution in [0.3, 0.4) is 0 Å². The number of halogens is 1. The Hall–Kier alpha value is -1.39. The van der Waals surface area contributed by atoms with Gasteiger partial charge in [0.2, 0.25) is 0 Å². The van der Waals surface area contributed by atoms with E-state index >= 15 is 0 Å². The highest BCUT2D eigenvalue weighted by atomic mass is 79.9. The van der Waals surface area contributed by atoms with Crippen LogP contribution in [0, 0.1) is 0 Å². The van der Waals surface area contributed by atoms with Gasteiger partial charge in [-0.25, -0.2) is 0 Å². The van der Waals surface area contributed by atoms with Crippen LogP contribution in [0.1, 0.15) is 24.2 Å². The van der Waals surface area contributed by atoms with Crippen molar-refractivity contribution in [2.75, 3.05) is 6.54 Å². The number of rotatable bonds is 3. The molecule has 3 nitrogen and oxygen atoms in total. The highest BCUT2D eigenvalue weighted by Crippen LogP contribution is 2.21. The molecule has 2 rings (SSSR count). The van der Waals surface area contributed by atoms with Gasteiger partial charge in [0, 0.05) is 16.6 Å². The van der Waals surface area contributed by atoms with Crippen molar-refractivity contribution in [1.82, 2.24) is 5.32 Å². The number of nitrogens with one attached hydrogen (secondary N) is 1. The number of amides is 1. The first-order valence-electron chi connectivity index (χ1n) is 6.05. The molecule has 0 radical (unpaired) electrons. The van der Waals surface area contributed by atoms with Crippen LogP contribution in [0.25, 0.3) is 10.8 Å². The molecule has 0 saturated heterocycles. The molecule has 0 aliphatic heterocycles. The summed E-state index contributed by atoms with van der Waals surface area (Å²) < 4.78 is 1.01. The van der Waals surface area contributed by atoms with Gasteiger partial charge in [0.1, 0.15) is 0 Å². The Morgan fingerprint density at radius 3 is 2.53 bits per heavy atom. The molecule has 0 aliphatic carbocycles. The van der Waals surface area contributed by atoms with Gasteiger partial charge in [-0.05, 0) is 48.9 Å². The molecule has 0 aromatic heterocycles. The van der Waals surface area contributed by atoms with Crippen molar-refractivity contribution in [2.45, 2.75) is 19.4 Å². The van der Waals surface area contributed by atoms with Gasteiger partial charge in [0.05, 0.1) is 5.60 Å². The van der Waals surface area contributed by atoms with Crippen molar-refractivity contribution in [1.29, 1.82) is 0 Å². The fraction of sp³-hybridized carbons (Fsp3) is 0.267. The molecule has 0 unspecified atom stereocenters. The number of hydrogen-bond acceptors (Lipinski definition) is 2. The van der Waals surface area contributed by atoms with Crippen LogP contribution >= 0.6 is 15.9 Å². The van der Waals surface area contributed by atoms with E-state index in [0.29, 0.717) is 5.56 Å². The molecule has 4 heteroatoms. The van der Waals surface area contributed by atoms with Crippen molar-refractivity contribution in [3.8, 4) is 0 Å². The predicted molar refractivity (Wildman–Crippen MR) is 80.3 cm³/mol. The summed E-state index contributed by atoms with van der Waals surface area (Å²) in [6.45, 7) is 3.54. The van der Waals surface area contributed by atoms with Gasteiger partial charge < -0.3 is 10.4 Å². The minimum absolute atomic E-state index is 0.174. The van der Waals surface area contributed by atoms with E-state index in [2.05, 4.69) is 21.2 Å². The normalized spacial score (nSPS) is 11.6. The molecular formula is C15H16BrNO2. The van der Waals surface area contributed by atoms with Gasteiger partial charge in [-0.3, -0.25) is 4.79 Å². The maximum absolute atomic E-state index is 12.0. The molecule has 19 heavy (non-hydrogen) atoms. The van der Waals surface area contributed by atoms with Gasteiger partial charge >= 0.3 is 0 Å². The van der Waals surface area contributed by atoms with Crippen molar-refractivity contribution < 1.29 is 9.90 Å². The largest absolute Gasteiger partial charge is 0.389 e. The number of fused-ring (bicyclic) bond motifs is 1. The lowest BCUT2D eigenvalue weighted by molar-refractivity contribution is 0.0694. The van der Waals surface area contributed by atoms with Gasteiger partial charge in [0.25, 0.3) is 5.91 Å². The highest BCUT2D eigenvalue weighted by molar-refractivity contribution is 9.10. The summed E-state index contributed by atoms with van der Waals surface area (Å²) in [7, 11) is 0. The van der Waals surface area contributed by atoms with Crippen molar-refractivity contribution in [2.24, 2.45) is 0 Å². The second-order valence-electron chi connectivity index (χ2n) is 5.20. The van der Waals surface area contributed by atoms with E-state index in [1.165, 1.54) is 0 Å². The minimum Gasteiger partial charge on any atom is -0.389 e. The molecule has 2 aromatic rings. The summed E-state index contributed by atoms with van der Waals surface area (Å²) in [5, 5.41) is 14.4. The SMILES string of the molecule is CC(C)(O)CNC(=O)c1ccc2cc(Br)ccc2c1. The molecule has 0 bridgehead atoms. The van der Waals surface area contributed by atoms with Gasteiger partial charge in [-0.15, -0.1) is 0 Å². The topological polar surface area (TPSA) is 49.3 Å².